The molecular formula is C18H18N2O3S. The molecule has 0 aliphatic carbocycles. The van der Waals surface area contributed by atoms with E-state index in [9.17, 15) is 13.5 Å². The quantitative estimate of drug-likeness (QED) is 0.929. The minimum atomic E-state index is -3.44. The van der Waals surface area contributed by atoms with Crippen molar-refractivity contribution in [3.63, 3.8) is 0 Å². The maximum absolute atomic E-state index is 12.6. The van der Waals surface area contributed by atoms with E-state index >= 15 is 0 Å². The van der Waals surface area contributed by atoms with Crippen LogP contribution in [-0.2, 0) is 10.0 Å². The Bertz CT molecular complexity index is 877. The van der Waals surface area contributed by atoms with Gasteiger partial charge in [0.2, 0.25) is 10.0 Å². The van der Waals surface area contributed by atoms with Crippen molar-refractivity contribution in [3.8, 4) is 22.9 Å². The van der Waals surface area contributed by atoms with E-state index in [1.165, 1.54) is 6.07 Å². The SMILES string of the molecule is N#Cc1cc(-c2ccc(S(=O)(=O)N3CCCCC3)cc2)ccc1O. The van der Waals surface area contributed by atoms with Crippen molar-refractivity contribution in [1.82, 2.24) is 4.31 Å². The molecule has 1 N–H and O–H groups in total. The van der Waals surface area contributed by atoms with Crippen LogP contribution in [0.5, 0.6) is 5.75 Å². The summed E-state index contributed by atoms with van der Waals surface area (Å²) >= 11 is 0. The van der Waals surface area contributed by atoms with Crippen LogP contribution in [0.15, 0.2) is 47.4 Å². The first-order chi connectivity index (χ1) is 11.5. The molecule has 0 saturated carbocycles. The number of piperidine rings is 1. The molecule has 1 fully saturated rings. The summed E-state index contributed by atoms with van der Waals surface area (Å²) in [6.07, 6.45) is 2.89. The van der Waals surface area contributed by atoms with Crippen LogP contribution in [0.2, 0.25) is 0 Å². The summed E-state index contributed by atoms with van der Waals surface area (Å²) in [6, 6.07) is 13.3. The summed E-state index contributed by atoms with van der Waals surface area (Å²) < 4.78 is 26.8. The highest BCUT2D eigenvalue weighted by atomic mass is 32.2. The van der Waals surface area contributed by atoms with E-state index in [4.69, 9.17) is 5.26 Å². The van der Waals surface area contributed by atoms with Crippen molar-refractivity contribution in [2.45, 2.75) is 24.2 Å². The zero-order valence-corrected chi connectivity index (χ0v) is 14.0. The molecule has 0 spiro atoms. The molecule has 0 amide bonds. The number of nitrogens with zero attached hydrogens (tertiary/aromatic N) is 2. The van der Waals surface area contributed by atoms with Crippen LogP contribution in [0, 0.1) is 11.3 Å². The number of rotatable bonds is 3. The van der Waals surface area contributed by atoms with Gasteiger partial charge in [0.15, 0.2) is 0 Å². The number of benzene rings is 2. The largest absolute Gasteiger partial charge is 0.507 e. The van der Waals surface area contributed by atoms with Gasteiger partial charge in [0.25, 0.3) is 0 Å². The van der Waals surface area contributed by atoms with Crippen LogP contribution in [0.1, 0.15) is 24.8 Å². The molecule has 1 aliphatic rings. The van der Waals surface area contributed by atoms with Gasteiger partial charge in [0.05, 0.1) is 10.5 Å². The number of aromatic hydroxyl groups is 1. The second-order valence-electron chi connectivity index (χ2n) is 5.83. The molecule has 6 heteroatoms. The van der Waals surface area contributed by atoms with Gasteiger partial charge in [-0.1, -0.05) is 24.6 Å². The first-order valence-electron chi connectivity index (χ1n) is 7.86. The van der Waals surface area contributed by atoms with Crippen LogP contribution < -0.4 is 0 Å². The highest BCUT2D eigenvalue weighted by Crippen LogP contribution is 2.27. The van der Waals surface area contributed by atoms with E-state index in [1.807, 2.05) is 6.07 Å². The van der Waals surface area contributed by atoms with Crippen LogP contribution in [0.4, 0.5) is 0 Å². The molecule has 5 nitrogen and oxygen atoms in total. The Balaban J connectivity index is 1.89. The standard InChI is InChI=1S/C18H18N2O3S/c19-13-16-12-15(6-9-18(16)21)14-4-7-17(8-5-14)24(22,23)20-10-2-1-3-11-20/h4-9,12,21H,1-3,10-11H2. The Labute approximate surface area is 141 Å². The van der Waals surface area contributed by atoms with Gasteiger partial charge in [-0.25, -0.2) is 8.42 Å². The molecule has 0 aromatic heterocycles. The summed E-state index contributed by atoms with van der Waals surface area (Å²) in [7, 11) is -3.44. The smallest absolute Gasteiger partial charge is 0.243 e. The fourth-order valence-corrected chi connectivity index (χ4v) is 4.40. The lowest BCUT2D eigenvalue weighted by Crippen LogP contribution is -2.35. The predicted molar refractivity (Wildman–Crippen MR) is 90.9 cm³/mol. The summed E-state index contributed by atoms with van der Waals surface area (Å²) in [4.78, 5) is 0.285. The molecular weight excluding hydrogens is 324 g/mol. The van der Waals surface area contributed by atoms with Gasteiger partial charge in [-0.3, -0.25) is 0 Å². The number of hydrogen-bond donors (Lipinski definition) is 1. The normalized spacial score (nSPS) is 15.8. The van der Waals surface area contributed by atoms with E-state index in [-0.39, 0.29) is 16.2 Å². The molecule has 3 rings (SSSR count). The monoisotopic (exact) mass is 342 g/mol. The van der Waals surface area contributed by atoms with E-state index < -0.39 is 10.0 Å². The Morgan fingerprint density at radius 2 is 1.58 bits per heavy atom. The van der Waals surface area contributed by atoms with Crippen LogP contribution in [0.3, 0.4) is 0 Å². The van der Waals surface area contributed by atoms with Gasteiger partial charge in [0.1, 0.15) is 11.8 Å². The molecule has 24 heavy (non-hydrogen) atoms. The number of sulfonamides is 1. The van der Waals surface area contributed by atoms with Crippen molar-refractivity contribution >= 4 is 10.0 Å². The van der Waals surface area contributed by atoms with Crippen molar-refractivity contribution in [2.24, 2.45) is 0 Å². The third-order valence-electron chi connectivity index (χ3n) is 4.26. The van der Waals surface area contributed by atoms with Gasteiger partial charge in [-0.15, -0.1) is 0 Å². The predicted octanol–water partition coefficient (Wildman–Crippen LogP) is 3.11. The van der Waals surface area contributed by atoms with E-state index in [1.54, 1.807) is 40.7 Å². The third-order valence-corrected chi connectivity index (χ3v) is 6.17. The zero-order chi connectivity index (χ0) is 17.2. The second kappa shape index (κ2) is 6.63. The van der Waals surface area contributed by atoms with Crippen LogP contribution >= 0.6 is 0 Å². The zero-order valence-electron chi connectivity index (χ0n) is 13.1. The molecule has 2 aromatic carbocycles. The molecule has 1 aliphatic heterocycles. The third kappa shape index (κ3) is 3.14. The van der Waals surface area contributed by atoms with E-state index in [0.717, 1.165) is 30.4 Å². The van der Waals surface area contributed by atoms with Gasteiger partial charge < -0.3 is 5.11 Å². The average Bonchev–Trinajstić information content (AvgIpc) is 2.63. The minimum absolute atomic E-state index is 0.0643. The second-order valence-corrected chi connectivity index (χ2v) is 7.77. The molecule has 2 aromatic rings. The molecule has 0 radical (unpaired) electrons. The van der Waals surface area contributed by atoms with Gasteiger partial charge in [-0.05, 0) is 48.2 Å². The van der Waals surface area contributed by atoms with Gasteiger partial charge >= 0.3 is 0 Å². The Morgan fingerprint density at radius 3 is 2.21 bits per heavy atom. The lowest BCUT2D eigenvalue weighted by molar-refractivity contribution is 0.346. The van der Waals surface area contributed by atoms with Crippen molar-refractivity contribution in [3.05, 3.63) is 48.0 Å². The maximum atomic E-state index is 12.6. The molecule has 0 unspecified atom stereocenters. The number of phenols is 1. The summed E-state index contributed by atoms with van der Waals surface area (Å²) in [5.74, 6) is -0.0643. The Kier molecular flexibility index (Phi) is 4.56. The molecule has 0 bridgehead atoms. The average molecular weight is 342 g/mol. The number of phenolic OH excluding ortho intramolecular Hbond substituents is 1. The minimum Gasteiger partial charge on any atom is -0.507 e. The van der Waals surface area contributed by atoms with Gasteiger partial charge in [0, 0.05) is 13.1 Å². The summed E-state index contributed by atoms with van der Waals surface area (Å²) in [5.41, 5.74) is 1.74. The number of nitriles is 1. The van der Waals surface area contributed by atoms with Crippen molar-refractivity contribution < 1.29 is 13.5 Å². The van der Waals surface area contributed by atoms with Crippen molar-refractivity contribution in [2.75, 3.05) is 13.1 Å². The molecule has 0 atom stereocenters. The van der Waals surface area contributed by atoms with Crippen LogP contribution in [-0.4, -0.2) is 30.9 Å². The lowest BCUT2D eigenvalue weighted by Gasteiger charge is -2.25. The molecule has 124 valence electrons. The van der Waals surface area contributed by atoms with Crippen molar-refractivity contribution in [1.29, 1.82) is 5.26 Å². The van der Waals surface area contributed by atoms with E-state index in [0.29, 0.717) is 13.1 Å². The fourth-order valence-electron chi connectivity index (χ4n) is 2.88. The molecule has 1 saturated heterocycles. The molecule has 1 heterocycles. The van der Waals surface area contributed by atoms with E-state index in [2.05, 4.69) is 0 Å². The maximum Gasteiger partial charge on any atom is 0.243 e. The lowest BCUT2D eigenvalue weighted by atomic mass is 10.0. The summed E-state index contributed by atoms with van der Waals surface area (Å²) in [5, 5.41) is 18.6. The highest BCUT2D eigenvalue weighted by Gasteiger charge is 2.25. The summed E-state index contributed by atoms with van der Waals surface area (Å²) in [6.45, 7) is 1.15. The van der Waals surface area contributed by atoms with Crippen LogP contribution in [0.25, 0.3) is 11.1 Å². The Hall–Kier alpha value is -2.36. The fraction of sp³-hybridized carbons (Fsp3) is 0.278. The number of hydrogen-bond acceptors (Lipinski definition) is 4. The van der Waals surface area contributed by atoms with Gasteiger partial charge in [-0.2, -0.15) is 9.57 Å². The first-order valence-corrected chi connectivity index (χ1v) is 9.30. The highest BCUT2D eigenvalue weighted by molar-refractivity contribution is 7.89. The Morgan fingerprint density at radius 1 is 0.958 bits per heavy atom. The first kappa shape index (κ1) is 16.5. The topological polar surface area (TPSA) is 81.4 Å².